The smallest absolute Gasteiger partial charge is 0.0584 e. The second-order valence-corrected chi connectivity index (χ2v) is 1.90. The first-order chi connectivity index (χ1) is 4.31. The highest BCUT2D eigenvalue weighted by molar-refractivity contribution is 6.39. The molecule has 0 fully saturated rings. The molecule has 0 spiro atoms. The van der Waals surface area contributed by atoms with E-state index >= 15 is 0 Å². The Hall–Kier alpha value is -0.560. The standard InChI is InChI=1S/C7H10ClN/c1-3-4-5-7(8)6-9-2/h3-6H,1-2H3/b4-3+,7-5+,9-6?. The van der Waals surface area contributed by atoms with Crippen LogP contribution in [0.1, 0.15) is 6.92 Å². The van der Waals surface area contributed by atoms with Crippen LogP contribution in [0.25, 0.3) is 0 Å². The van der Waals surface area contributed by atoms with E-state index in [-0.39, 0.29) is 0 Å². The predicted octanol–water partition coefficient (Wildman–Crippen LogP) is 2.39. The summed E-state index contributed by atoms with van der Waals surface area (Å²) in [5.74, 6) is 0. The topological polar surface area (TPSA) is 12.4 Å². The lowest BCUT2D eigenvalue weighted by Gasteiger charge is -1.80. The van der Waals surface area contributed by atoms with E-state index in [1.54, 1.807) is 19.3 Å². The van der Waals surface area contributed by atoms with Crippen LogP contribution >= 0.6 is 11.6 Å². The number of halogens is 1. The minimum Gasteiger partial charge on any atom is -0.295 e. The van der Waals surface area contributed by atoms with Gasteiger partial charge in [-0.15, -0.1) is 0 Å². The number of hydrogen-bond acceptors (Lipinski definition) is 1. The summed E-state index contributed by atoms with van der Waals surface area (Å²) >= 11 is 5.62. The van der Waals surface area contributed by atoms with Gasteiger partial charge in [-0.1, -0.05) is 23.8 Å². The molecular formula is C7H10ClN. The summed E-state index contributed by atoms with van der Waals surface area (Å²) in [6.45, 7) is 1.93. The van der Waals surface area contributed by atoms with Crippen LogP contribution < -0.4 is 0 Å². The van der Waals surface area contributed by atoms with Gasteiger partial charge in [-0.2, -0.15) is 0 Å². The Balaban J connectivity index is 3.84. The van der Waals surface area contributed by atoms with Gasteiger partial charge in [0.1, 0.15) is 0 Å². The molecule has 2 heteroatoms. The minimum absolute atomic E-state index is 0.649. The summed E-state index contributed by atoms with van der Waals surface area (Å²) in [6.07, 6.45) is 7.16. The normalized spacial score (nSPS) is 13.9. The van der Waals surface area contributed by atoms with Gasteiger partial charge in [-0.3, -0.25) is 4.99 Å². The van der Waals surface area contributed by atoms with Gasteiger partial charge >= 0.3 is 0 Å². The number of aliphatic imine (C=N–C) groups is 1. The molecule has 0 aliphatic carbocycles. The van der Waals surface area contributed by atoms with Gasteiger partial charge in [0.25, 0.3) is 0 Å². The summed E-state index contributed by atoms with van der Waals surface area (Å²) in [5, 5.41) is 0.649. The monoisotopic (exact) mass is 143 g/mol. The maximum absolute atomic E-state index is 5.62. The first kappa shape index (κ1) is 8.44. The highest BCUT2D eigenvalue weighted by Gasteiger charge is 1.77. The molecule has 0 bridgehead atoms. The number of allylic oxidation sites excluding steroid dienone is 4. The number of rotatable bonds is 2. The molecule has 0 aromatic carbocycles. The van der Waals surface area contributed by atoms with Crippen LogP contribution in [-0.2, 0) is 0 Å². The Morgan fingerprint density at radius 2 is 2.22 bits per heavy atom. The van der Waals surface area contributed by atoms with Crippen molar-refractivity contribution in [2.45, 2.75) is 6.92 Å². The predicted molar refractivity (Wildman–Crippen MR) is 43.2 cm³/mol. The summed E-state index contributed by atoms with van der Waals surface area (Å²) in [5.41, 5.74) is 0. The van der Waals surface area contributed by atoms with E-state index in [9.17, 15) is 0 Å². The van der Waals surface area contributed by atoms with Crippen LogP contribution in [0, 0.1) is 0 Å². The summed E-state index contributed by atoms with van der Waals surface area (Å²) in [6, 6.07) is 0. The van der Waals surface area contributed by atoms with E-state index in [0.717, 1.165) is 0 Å². The molecule has 0 rings (SSSR count). The summed E-state index contributed by atoms with van der Waals surface area (Å²) in [7, 11) is 1.69. The summed E-state index contributed by atoms with van der Waals surface area (Å²) < 4.78 is 0. The van der Waals surface area contributed by atoms with E-state index in [4.69, 9.17) is 11.6 Å². The lowest BCUT2D eigenvalue weighted by atomic mass is 10.4. The molecule has 0 aliphatic rings. The van der Waals surface area contributed by atoms with Crippen molar-refractivity contribution in [3.05, 3.63) is 23.3 Å². The highest BCUT2D eigenvalue weighted by atomic mass is 35.5. The fraction of sp³-hybridized carbons (Fsp3) is 0.286. The van der Waals surface area contributed by atoms with Crippen LogP contribution in [0.3, 0.4) is 0 Å². The van der Waals surface area contributed by atoms with Gasteiger partial charge < -0.3 is 0 Å². The van der Waals surface area contributed by atoms with E-state index in [0.29, 0.717) is 5.03 Å². The summed E-state index contributed by atoms with van der Waals surface area (Å²) in [4.78, 5) is 3.73. The van der Waals surface area contributed by atoms with Crippen molar-refractivity contribution >= 4 is 17.8 Å². The average Bonchev–Trinajstić information content (AvgIpc) is 1.85. The van der Waals surface area contributed by atoms with Gasteiger partial charge in [0.05, 0.1) is 5.03 Å². The Morgan fingerprint density at radius 1 is 1.56 bits per heavy atom. The van der Waals surface area contributed by atoms with Crippen LogP contribution in [0.15, 0.2) is 28.3 Å². The second-order valence-electron chi connectivity index (χ2n) is 1.46. The Kier molecular flexibility index (Phi) is 5.23. The van der Waals surface area contributed by atoms with Crippen molar-refractivity contribution in [1.29, 1.82) is 0 Å². The fourth-order valence-electron chi connectivity index (χ4n) is 0.355. The Labute approximate surface area is 60.7 Å². The maximum atomic E-state index is 5.62. The third-order valence-corrected chi connectivity index (χ3v) is 0.924. The van der Waals surface area contributed by atoms with Crippen molar-refractivity contribution in [3.8, 4) is 0 Å². The number of nitrogens with zero attached hydrogens (tertiary/aromatic N) is 1. The molecule has 0 saturated heterocycles. The van der Waals surface area contributed by atoms with Crippen LogP contribution in [0.4, 0.5) is 0 Å². The minimum atomic E-state index is 0.649. The quantitative estimate of drug-likeness (QED) is 0.416. The fourth-order valence-corrected chi connectivity index (χ4v) is 0.525. The molecule has 0 saturated carbocycles. The van der Waals surface area contributed by atoms with E-state index in [1.807, 2.05) is 19.1 Å². The first-order valence-corrected chi connectivity index (χ1v) is 3.09. The van der Waals surface area contributed by atoms with Crippen LogP contribution in [-0.4, -0.2) is 13.3 Å². The first-order valence-electron chi connectivity index (χ1n) is 2.72. The van der Waals surface area contributed by atoms with Gasteiger partial charge in [0.15, 0.2) is 0 Å². The molecule has 0 unspecified atom stereocenters. The largest absolute Gasteiger partial charge is 0.295 e. The molecular weight excluding hydrogens is 134 g/mol. The molecule has 0 aliphatic heterocycles. The highest BCUT2D eigenvalue weighted by Crippen LogP contribution is 1.96. The molecule has 0 aromatic heterocycles. The Morgan fingerprint density at radius 3 is 2.67 bits per heavy atom. The zero-order valence-corrected chi connectivity index (χ0v) is 6.39. The van der Waals surface area contributed by atoms with Gasteiger partial charge in [0.2, 0.25) is 0 Å². The molecule has 0 aromatic rings. The molecule has 0 atom stereocenters. The lowest BCUT2D eigenvalue weighted by Crippen LogP contribution is -1.69. The lowest BCUT2D eigenvalue weighted by molar-refractivity contribution is 1.47. The van der Waals surface area contributed by atoms with Gasteiger partial charge in [-0.05, 0) is 13.0 Å². The van der Waals surface area contributed by atoms with Crippen molar-refractivity contribution in [3.63, 3.8) is 0 Å². The van der Waals surface area contributed by atoms with Crippen molar-refractivity contribution in [1.82, 2.24) is 0 Å². The molecule has 0 N–H and O–H groups in total. The molecule has 9 heavy (non-hydrogen) atoms. The number of hydrogen-bond donors (Lipinski definition) is 0. The van der Waals surface area contributed by atoms with Gasteiger partial charge in [-0.25, -0.2) is 0 Å². The van der Waals surface area contributed by atoms with Crippen LogP contribution in [0.5, 0.6) is 0 Å². The van der Waals surface area contributed by atoms with Crippen molar-refractivity contribution in [2.75, 3.05) is 7.05 Å². The zero-order chi connectivity index (χ0) is 7.11. The third kappa shape index (κ3) is 5.31. The van der Waals surface area contributed by atoms with E-state index in [2.05, 4.69) is 4.99 Å². The molecule has 0 heterocycles. The van der Waals surface area contributed by atoms with Crippen molar-refractivity contribution in [2.24, 2.45) is 4.99 Å². The van der Waals surface area contributed by atoms with Gasteiger partial charge in [0, 0.05) is 13.3 Å². The van der Waals surface area contributed by atoms with Crippen LogP contribution in [0.2, 0.25) is 0 Å². The molecule has 50 valence electrons. The third-order valence-electron chi connectivity index (χ3n) is 0.700. The van der Waals surface area contributed by atoms with E-state index < -0.39 is 0 Å². The second kappa shape index (κ2) is 5.57. The zero-order valence-electron chi connectivity index (χ0n) is 5.63. The molecule has 0 amide bonds. The SMILES string of the molecule is C/C=C/C=C(/Cl)C=NC. The molecule has 1 nitrogen and oxygen atoms in total. The average molecular weight is 144 g/mol. The Bertz CT molecular complexity index is 145. The maximum Gasteiger partial charge on any atom is 0.0584 e. The molecule has 0 radical (unpaired) electrons. The van der Waals surface area contributed by atoms with E-state index in [1.165, 1.54) is 0 Å². The van der Waals surface area contributed by atoms with Crippen molar-refractivity contribution < 1.29 is 0 Å².